The monoisotopic (exact) mass is 332 g/mol. The summed E-state index contributed by atoms with van der Waals surface area (Å²) in [6.45, 7) is 1.25. The number of hydrogen-bond donors (Lipinski definition) is 1. The number of aliphatic carboxylic acids is 1. The molecule has 0 aromatic heterocycles. The van der Waals surface area contributed by atoms with Crippen LogP contribution in [0, 0.1) is 5.92 Å². The molecule has 3 rings (SSSR count). The quantitative estimate of drug-likeness (QED) is 0.873. The van der Waals surface area contributed by atoms with Gasteiger partial charge in [0, 0.05) is 37.8 Å². The molecule has 1 aromatic rings. The van der Waals surface area contributed by atoms with Crippen LogP contribution in [0.5, 0.6) is 5.75 Å². The molecule has 2 amide bonds. The van der Waals surface area contributed by atoms with Crippen molar-refractivity contribution in [2.75, 3.05) is 31.1 Å². The first kappa shape index (κ1) is 16.3. The lowest BCUT2D eigenvalue weighted by atomic mass is 10.1. The zero-order valence-electron chi connectivity index (χ0n) is 13.3. The van der Waals surface area contributed by atoms with Crippen LogP contribution in [-0.4, -0.2) is 54.0 Å². The van der Waals surface area contributed by atoms with E-state index in [1.54, 1.807) is 23.1 Å². The third-order valence-corrected chi connectivity index (χ3v) is 4.46. The lowest BCUT2D eigenvalue weighted by Gasteiger charge is -2.18. The van der Waals surface area contributed by atoms with E-state index in [1.165, 1.54) is 4.90 Å². The first-order valence-electron chi connectivity index (χ1n) is 8.08. The number of carbonyl (C=O) groups is 3. The number of ether oxygens (including phenoxy) is 1. The maximum Gasteiger partial charge on any atom is 0.308 e. The minimum atomic E-state index is -0.866. The summed E-state index contributed by atoms with van der Waals surface area (Å²) >= 11 is 0. The van der Waals surface area contributed by atoms with Gasteiger partial charge in [0.25, 0.3) is 5.91 Å². The predicted octanol–water partition coefficient (Wildman–Crippen LogP) is 1.13. The summed E-state index contributed by atoms with van der Waals surface area (Å²) in [5, 5.41) is 8.98. The van der Waals surface area contributed by atoms with Crippen molar-refractivity contribution in [1.82, 2.24) is 4.90 Å². The van der Waals surface area contributed by atoms with Crippen molar-refractivity contribution >= 4 is 23.5 Å². The van der Waals surface area contributed by atoms with E-state index in [9.17, 15) is 14.4 Å². The van der Waals surface area contributed by atoms with Crippen LogP contribution in [0.1, 0.15) is 19.3 Å². The number of rotatable bonds is 5. The van der Waals surface area contributed by atoms with Gasteiger partial charge >= 0.3 is 5.97 Å². The van der Waals surface area contributed by atoms with E-state index < -0.39 is 11.9 Å². The Morgan fingerprint density at radius 2 is 2.12 bits per heavy atom. The fraction of sp³-hybridized carbons (Fsp3) is 0.471. The number of anilines is 1. The van der Waals surface area contributed by atoms with E-state index in [-0.39, 0.29) is 25.0 Å². The highest BCUT2D eigenvalue weighted by molar-refractivity contribution is 5.95. The number of likely N-dealkylation sites (tertiary alicyclic amines) is 1. The number of nitrogens with zero attached hydrogens (tertiary/aromatic N) is 2. The third kappa shape index (κ3) is 3.50. The number of benzene rings is 1. The Hall–Kier alpha value is -2.57. The zero-order valence-corrected chi connectivity index (χ0v) is 13.3. The smallest absolute Gasteiger partial charge is 0.308 e. The van der Waals surface area contributed by atoms with E-state index in [2.05, 4.69) is 0 Å². The van der Waals surface area contributed by atoms with Gasteiger partial charge in [-0.3, -0.25) is 14.4 Å². The summed E-state index contributed by atoms with van der Waals surface area (Å²) in [6, 6.07) is 7.12. The average Bonchev–Trinajstić information content (AvgIpc) is 3.22. The van der Waals surface area contributed by atoms with Crippen LogP contribution in [-0.2, 0) is 14.4 Å². The molecule has 1 N–H and O–H groups in total. The van der Waals surface area contributed by atoms with Gasteiger partial charge in [0.05, 0.1) is 5.92 Å². The summed E-state index contributed by atoms with van der Waals surface area (Å²) < 4.78 is 5.53. The van der Waals surface area contributed by atoms with Gasteiger partial charge in [0.2, 0.25) is 5.91 Å². The zero-order chi connectivity index (χ0) is 17.1. The summed E-state index contributed by atoms with van der Waals surface area (Å²) in [5.74, 6) is -0.955. The fourth-order valence-electron chi connectivity index (χ4n) is 3.09. The maximum absolute atomic E-state index is 12.1. The molecule has 1 aromatic carbocycles. The Balaban J connectivity index is 1.56. The highest BCUT2D eigenvalue weighted by Gasteiger charge is 2.31. The molecule has 24 heavy (non-hydrogen) atoms. The van der Waals surface area contributed by atoms with Gasteiger partial charge in [-0.2, -0.15) is 0 Å². The summed E-state index contributed by atoms with van der Waals surface area (Å²) in [7, 11) is 0. The topological polar surface area (TPSA) is 87.2 Å². The van der Waals surface area contributed by atoms with Crippen molar-refractivity contribution in [2.24, 2.45) is 5.92 Å². The van der Waals surface area contributed by atoms with Gasteiger partial charge in [-0.05, 0) is 25.0 Å². The Bertz CT molecular complexity index is 660. The minimum absolute atomic E-state index is 0.0972. The molecule has 2 aliphatic heterocycles. The van der Waals surface area contributed by atoms with Crippen LogP contribution in [0.25, 0.3) is 0 Å². The van der Waals surface area contributed by atoms with E-state index in [0.29, 0.717) is 31.7 Å². The second kappa shape index (κ2) is 6.90. The fourth-order valence-corrected chi connectivity index (χ4v) is 3.09. The molecule has 0 aliphatic carbocycles. The number of carbonyl (C=O) groups excluding carboxylic acids is 2. The van der Waals surface area contributed by atoms with Crippen molar-refractivity contribution in [1.29, 1.82) is 0 Å². The molecule has 2 heterocycles. The highest BCUT2D eigenvalue weighted by Crippen LogP contribution is 2.25. The molecule has 2 aliphatic rings. The Labute approximate surface area is 139 Å². The van der Waals surface area contributed by atoms with Crippen LogP contribution in [0.3, 0.4) is 0 Å². The van der Waals surface area contributed by atoms with Crippen LogP contribution in [0.15, 0.2) is 24.3 Å². The lowest BCUT2D eigenvalue weighted by Crippen LogP contribution is -2.33. The second-order valence-corrected chi connectivity index (χ2v) is 6.10. The third-order valence-electron chi connectivity index (χ3n) is 4.46. The molecule has 7 heteroatoms. The summed E-state index contributed by atoms with van der Waals surface area (Å²) in [6.07, 6.45) is 1.89. The standard InChI is InChI=1S/C17H20N2O5/c20-15-5-2-7-19(15)13-3-1-4-14(9-13)24-11-16(21)18-8-6-12(10-18)17(22)23/h1,3-4,9,12H,2,5-8,10-11H2,(H,22,23)/t12-/m1/s1. The van der Waals surface area contributed by atoms with Crippen molar-refractivity contribution in [3.63, 3.8) is 0 Å². The number of carboxylic acids is 1. The predicted molar refractivity (Wildman–Crippen MR) is 85.8 cm³/mol. The first-order valence-corrected chi connectivity index (χ1v) is 8.08. The van der Waals surface area contributed by atoms with E-state index >= 15 is 0 Å². The lowest BCUT2D eigenvalue weighted by molar-refractivity contribution is -0.141. The second-order valence-electron chi connectivity index (χ2n) is 6.10. The highest BCUT2D eigenvalue weighted by atomic mass is 16.5. The van der Waals surface area contributed by atoms with Gasteiger partial charge in [-0.15, -0.1) is 0 Å². The Morgan fingerprint density at radius 3 is 2.79 bits per heavy atom. The SMILES string of the molecule is O=C(O)[C@@H]1CCN(C(=O)COc2cccc(N3CCCC3=O)c2)C1. The minimum Gasteiger partial charge on any atom is -0.484 e. The molecular formula is C17H20N2O5. The number of carboxylic acid groups (broad SMARTS) is 1. The van der Waals surface area contributed by atoms with E-state index in [1.807, 2.05) is 6.07 Å². The molecule has 0 bridgehead atoms. The van der Waals surface area contributed by atoms with Gasteiger partial charge < -0.3 is 19.6 Å². The molecule has 2 saturated heterocycles. The molecule has 1 atom stereocenters. The summed E-state index contributed by atoms with van der Waals surface area (Å²) in [4.78, 5) is 38.1. The summed E-state index contributed by atoms with van der Waals surface area (Å²) in [5.41, 5.74) is 0.773. The van der Waals surface area contributed by atoms with E-state index in [0.717, 1.165) is 12.1 Å². The maximum atomic E-state index is 12.1. The number of amides is 2. The largest absolute Gasteiger partial charge is 0.484 e. The van der Waals surface area contributed by atoms with Crippen LogP contribution < -0.4 is 9.64 Å². The molecule has 7 nitrogen and oxygen atoms in total. The van der Waals surface area contributed by atoms with Crippen molar-refractivity contribution in [2.45, 2.75) is 19.3 Å². The molecule has 0 unspecified atom stereocenters. The Kier molecular flexibility index (Phi) is 4.69. The van der Waals surface area contributed by atoms with Gasteiger partial charge in [0.15, 0.2) is 6.61 Å². The number of hydrogen-bond acceptors (Lipinski definition) is 4. The van der Waals surface area contributed by atoms with Gasteiger partial charge in [-0.25, -0.2) is 0 Å². The average molecular weight is 332 g/mol. The van der Waals surface area contributed by atoms with Crippen molar-refractivity contribution in [3.05, 3.63) is 24.3 Å². The molecule has 128 valence electrons. The van der Waals surface area contributed by atoms with Crippen LogP contribution >= 0.6 is 0 Å². The van der Waals surface area contributed by atoms with Crippen molar-refractivity contribution < 1.29 is 24.2 Å². The van der Waals surface area contributed by atoms with Crippen LogP contribution in [0.4, 0.5) is 5.69 Å². The molecular weight excluding hydrogens is 312 g/mol. The first-order chi connectivity index (χ1) is 11.5. The molecule has 0 spiro atoms. The van der Waals surface area contributed by atoms with Gasteiger partial charge in [-0.1, -0.05) is 6.07 Å². The van der Waals surface area contributed by atoms with Gasteiger partial charge in [0.1, 0.15) is 5.75 Å². The van der Waals surface area contributed by atoms with Crippen LogP contribution in [0.2, 0.25) is 0 Å². The normalized spacial score (nSPS) is 20.5. The van der Waals surface area contributed by atoms with Crippen molar-refractivity contribution in [3.8, 4) is 5.75 Å². The molecule has 2 fully saturated rings. The molecule has 0 radical (unpaired) electrons. The molecule has 0 saturated carbocycles. The Morgan fingerprint density at radius 1 is 1.29 bits per heavy atom. The van der Waals surface area contributed by atoms with E-state index in [4.69, 9.17) is 9.84 Å².